The van der Waals surface area contributed by atoms with Gasteiger partial charge < -0.3 is 19.6 Å². The van der Waals surface area contributed by atoms with E-state index in [1.165, 1.54) is 66.4 Å². The molecule has 0 heterocycles. The lowest BCUT2D eigenvalue weighted by atomic mass is 10.0. The van der Waals surface area contributed by atoms with E-state index < -0.39 is 0 Å². The summed E-state index contributed by atoms with van der Waals surface area (Å²) in [5.74, 6) is 0. The molecule has 0 saturated carbocycles. The Hall–Kier alpha value is -12.7. The second-order valence-electron chi connectivity index (χ2n) is 27.0. The van der Waals surface area contributed by atoms with E-state index in [-0.39, 0.29) is 0 Å². The van der Waals surface area contributed by atoms with Crippen molar-refractivity contribution >= 4 is 143 Å². The van der Waals surface area contributed by atoms with Crippen LogP contribution in [-0.4, -0.2) is 0 Å². The van der Waals surface area contributed by atoms with Crippen LogP contribution in [0.1, 0.15) is 0 Å². The first-order chi connectivity index (χ1) is 56.2. The highest BCUT2D eigenvalue weighted by molar-refractivity contribution is 9.11. The van der Waals surface area contributed by atoms with Gasteiger partial charge in [0.2, 0.25) is 0 Å². The van der Waals surface area contributed by atoms with Gasteiger partial charge in [-0.1, -0.05) is 343 Å². The summed E-state index contributed by atoms with van der Waals surface area (Å²) in [6, 6.07) is 166. The van der Waals surface area contributed by atoms with Gasteiger partial charge in [0.25, 0.3) is 0 Å². The molecule has 0 amide bonds. The average Bonchev–Trinajstić information content (AvgIpc) is 0.818. The van der Waals surface area contributed by atoms with Crippen LogP contribution in [0.3, 0.4) is 0 Å². The molecule has 0 N–H and O–H groups in total. The molecule has 18 rings (SSSR count). The fourth-order valence-electron chi connectivity index (χ4n) is 13.9. The van der Waals surface area contributed by atoms with Crippen LogP contribution in [0.25, 0.3) is 66.4 Å². The molecule has 0 aliphatic rings. The highest BCUT2D eigenvalue weighted by atomic mass is 79.9. The lowest BCUT2D eigenvalue weighted by Crippen LogP contribution is -2.10. The molecule has 0 bridgehead atoms. The van der Waals surface area contributed by atoms with E-state index >= 15 is 0 Å². The minimum Gasteiger partial charge on any atom is -0.311 e. The topological polar surface area (TPSA) is 13.0 Å². The summed E-state index contributed by atoms with van der Waals surface area (Å²) in [5.41, 5.74) is 25.7. The molecule has 114 heavy (non-hydrogen) atoms. The molecular formula is C106H78Br4N4. The van der Waals surface area contributed by atoms with Gasteiger partial charge in [0.1, 0.15) is 0 Å². The molecule has 8 heteroatoms. The summed E-state index contributed by atoms with van der Waals surface area (Å²) in [4.78, 5) is 9.15. The van der Waals surface area contributed by atoms with E-state index in [1.807, 2.05) is 42.5 Å². The quantitative estimate of drug-likeness (QED) is 0.0901. The van der Waals surface area contributed by atoms with Gasteiger partial charge in [-0.15, -0.1) is 0 Å². The Morgan fingerprint density at radius 1 is 0.114 bits per heavy atom. The van der Waals surface area contributed by atoms with Crippen LogP contribution in [0.5, 0.6) is 0 Å². The number of anilines is 12. The molecule has 550 valence electrons. The fraction of sp³-hybridized carbons (Fsp3) is 0. The second kappa shape index (κ2) is 38.0. The first-order valence-corrected chi connectivity index (χ1v) is 40.9. The fourth-order valence-corrected chi connectivity index (χ4v) is 15.2. The summed E-state index contributed by atoms with van der Waals surface area (Å²) in [6.45, 7) is 0. The van der Waals surface area contributed by atoms with Crippen molar-refractivity contribution in [1.82, 2.24) is 0 Å². The Kier molecular flexibility index (Phi) is 25.6. The van der Waals surface area contributed by atoms with Gasteiger partial charge in [-0.2, -0.15) is 0 Å². The van der Waals surface area contributed by atoms with Crippen molar-refractivity contribution in [3.05, 3.63) is 491 Å². The zero-order valence-electron chi connectivity index (χ0n) is 62.3. The van der Waals surface area contributed by atoms with Gasteiger partial charge in [-0.25, -0.2) is 0 Å². The van der Waals surface area contributed by atoms with Crippen molar-refractivity contribution in [3.63, 3.8) is 0 Å². The largest absolute Gasteiger partial charge is 0.311 e. The molecule has 0 radical (unpaired) electrons. The van der Waals surface area contributed by atoms with E-state index in [4.69, 9.17) is 0 Å². The van der Waals surface area contributed by atoms with Gasteiger partial charge >= 0.3 is 0 Å². The van der Waals surface area contributed by atoms with Crippen molar-refractivity contribution in [2.45, 2.75) is 0 Å². The number of halogens is 4. The summed E-state index contributed by atoms with van der Waals surface area (Å²) in [7, 11) is 0. The Morgan fingerprint density at radius 2 is 0.307 bits per heavy atom. The van der Waals surface area contributed by atoms with E-state index in [0.717, 1.165) is 86.1 Å². The number of fused-ring (bicyclic) bond motifs is 1. The predicted molar refractivity (Wildman–Crippen MR) is 500 cm³/mol. The minimum atomic E-state index is 1.08. The third-order valence-electron chi connectivity index (χ3n) is 19.4. The van der Waals surface area contributed by atoms with Gasteiger partial charge in [-0.05, 0) is 261 Å². The summed E-state index contributed by atoms with van der Waals surface area (Å²) in [5, 5.41) is 2.46. The molecular weight excluding hydrogens is 1650 g/mol. The van der Waals surface area contributed by atoms with Gasteiger partial charge in [0, 0.05) is 86.1 Å². The van der Waals surface area contributed by atoms with Crippen LogP contribution in [-0.2, 0) is 0 Å². The summed E-state index contributed by atoms with van der Waals surface area (Å²) in [6.07, 6.45) is 0. The third kappa shape index (κ3) is 19.6. The van der Waals surface area contributed by atoms with E-state index in [0.29, 0.717) is 0 Å². The molecule has 0 aliphatic heterocycles. The van der Waals surface area contributed by atoms with Crippen molar-refractivity contribution in [3.8, 4) is 55.6 Å². The number of rotatable bonds is 17. The zero-order chi connectivity index (χ0) is 77.6. The predicted octanol–water partition coefficient (Wildman–Crippen LogP) is 33.2. The molecule has 4 nitrogen and oxygen atoms in total. The second-order valence-corrected chi connectivity index (χ2v) is 30.7. The van der Waals surface area contributed by atoms with Crippen molar-refractivity contribution in [1.29, 1.82) is 0 Å². The number of hydrogen-bond donors (Lipinski definition) is 0. The van der Waals surface area contributed by atoms with E-state index in [2.05, 4.69) is 514 Å². The normalized spacial score (nSPS) is 10.6. The van der Waals surface area contributed by atoms with Gasteiger partial charge in [-0.3, -0.25) is 0 Å². The minimum absolute atomic E-state index is 1.08. The van der Waals surface area contributed by atoms with E-state index in [1.54, 1.807) is 0 Å². The number of benzene rings is 18. The summed E-state index contributed by atoms with van der Waals surface area (Å²) >= 11 is 14.1. The highest BCUT2D eigenvalue weighted by Gasteiger charge is 2.19. The average molecular weight is 1730 g/mol. The number of para-hydroxylation sites is 6. The number of nitrogens with zero attached hydrogens (tertiary/aromatic N) is 4. The summed E-state index contributed by atoms with van der Waals surface area (Å²) < 4.78 is 4.37. The van der Waals surface area contributed by atoms with Gasteiger partial charge in [0.15, 0.2) is 0 Å². The molecule has 0 aromatic heterocycles. The Labute approximate surface area is 703 Å². The molecule has 0 atom stereocenters. The molecule has 18 aromatic carbocycles. The molecule has 0 spiro atoms. The van der Waals surface area contributed by atoms with E-state index in [9.17, 15) is 0 Å². The molecule has 0 saturated heterocycles. The molecule has 18 aromatic rings. The Bertz CT molecular complexity index is 5840. The maximum Gasteiger partial charge on any atom is 0.0468 e. The van der Waals surface area contributed by atoms with Crippen LogP contribution in [0.2, 0.25) is 0 Å². The molecule has 0 aliphatic carbocycles. The van der Waals surface area contributed by atoms with Crippen LogP contribution >= 0.6 is 63.7 Å². The SMILES string of the molecule is Brc1ccc(-c2ccc(N(c3cccc(-c4ccccc4)c3)c3cccc(-c4ccccc4)c3)cc2)cc1.Brc1ccc(-c2ccc(N(c3ccccc3)c3ccccc3)cc2)cc1.Brc1ccc2cc(N(c3ccccc3)c3ccccc3)ccc2c1.Brc1cccc(-c2ccc(N(c3ccccc3)c3ccccc3)cc2)c1. The monoisotopic (exact) mass is 1720 g/mol. The van der Waals surface area contributed by atoms with Crippen molar-refractivity contribution in [2.75, 3.05) is 19.6 Å². The first-order valence-electron chi connectivity index (χ1n) is 37.8. The lowest BCUT2D eigenvalue weighted by molar-refractivity contribution is 1.28. The van der Waals surface area contributed by atoms with Gasteiger partial charge in [0.05, 0.1) is 0 Å². The van der Waals surface area contributed by atoms with Crippen molar-refractivity contribution < 1.29 is 0 Å². The maximum atomic E-state index is 3.55. The Morgan fingerprint density at radius 3 is 0.640 bits per heavy atom. The third-order valence-corrected chi connectivity index (χ3v) is 21.5. The maximum absolute atomic E-state index is 3.55. The van der Waals surface area contributed by atoms with Crippen LogP contribution < -0.4 is 19.6 Å². The van der Waals surface area contributed by atoms with Crippen LogP contribution in [0.15, 0.2) is 491 Å². The molecule has 0 unspecified atom stereocenters. The lowest BCUT2D eigenvalue weighted by Gasteiger charge is -2.27. The highest BCUT2D eigenvalue weighted by Crippen LogP contribution is 2.43. The molecule has 0 fully saturated rings. The standard InChI is InChI=1S/C36H26BrN.2C24H18BrN.C22H16BrN/c37-33-21-17-29(18-22-33)30-19-23-34(24-20-30)38(35-15-7-13-31(25-35)27-9-3-1-4-10-27)36-16-8-14-32(26-36)28-11-5-2-6-12-28;25-21-9-7-8-20(18-21)19-14-16-24(17-15-19)26(22-10-3-1-4-11-22)23-12-5-2-6-13-23;25-21-15-11-19(12-16-21)20-13-17-24(18-14-20)26(22-7-3-1-4-8-22)23-9-5-2-6-10-23;23-19-13-11-18-16-22(14-12-17(18)15-19)24(20-7-3-1-4-8-20)21-9-5-2-6-10-21/h1-26H;2*1-18H;1-16H. The zero-order valence-corrected chi connectivity index (χ0v) is 68.7. The first kappa shape index (κ1) is 76.7. The number of hydrogen-bond acceptors (Lipinski definition) is 4. The van der Waals surface area contributed by atoms with Crippen molar-refractivity contribution in [2.24, 2.45) is 0 Å². The van der Waals surface area contributed by atoms with Crippen LogP contribution in [0.4, 0.5) is 68.2 Å². The Balaban J connectivity index is 0.000000122. The smallest absolute Gasteiger partial charge is 0.0468 e. The van der Waals surface area contributed by atoms with Crippen LogP contribution in [0, 0.1) is 0 Å².